The van der Waals surface area contributed by atoms with Gasteiger partial charge in [0.15, 0.2) is 0 Å². The standard InChI is InChI=1S/C19H23ClN4O2/c1-13-9-17(26-2)23-19(22-13)24-8-4-6-15(12-24)18(25)21-11-14-5-3-7-16(20)10-14/h3,5,7,9-10,15H,4,6,8,11-12H2,1-2H3,(H,21,25). The summed E-state index contributed by atoms with van der Waals surface area (Å²) in [7, 11) is 1.59. The van der Waals surface area contributed by atoms with E-state index in [9.17, 15) is 4.79 Å². The number of amides is 1. The minimum absolute atomic E-state index is 0.0503. The minimum atomic E-state index is -0.0851. The number of anilines is 1. The Labute approximate surface area is 158 Å². The molecule has 26 heavy (non-hydrogen) atoms. The topological polar surface area (TPSA) is 67.3 Å². The fourth-order valence-corrected chi connectivity index (χ4v) is 3.34. The maximum atomic E-state index is 12.6. The highest BCUT2D eigenvalue weighted by Crippen LogP contribution is 2.23. The third-order valence-corrected chi connectivity index (χ3v) is 4.69. The van der Waals surface area contributed by atoms with Crippen molar-refractivity contribution >= 4 is 23.5 Å². The predicted octanol–water partition coefficient (Wildman–Crippen LogP) is 2.98. The number of nitrogens with one attached hydrogen (secondary N) is 1. The van der Waals surface area contributed by atoms with E-state index in [4.69, 9.17) is 16.3 Å². The van der Waals surface area contributed by atoms with Crippen LogP contribution in [0.2, 0.25) is 5.02 Å². The van der Waals surface area contributed by atoms with Gasteiger partial charge in [0.25, 0.3) is 0 Å². The second kappa shape index (κ2) is 8.36. The fourth-order valence-electron chi connectivity index (χ4n) is 3.12. The Morgan fingerprint density at radius 3 is 3.00 bits per heavy atom. The second-order valence-electron chi connectivity index (χ2n) is 6.48. The van der Waals surface area contributed by atoms with Crippen LogP contribution >= 0.6 is 11.6 Å². The molecule has 0 aliphatic carbocycles. The highest BCUT2D eigenvalue weighted by Gasteiger charge is 2.27. The molecule has 1 unspecified atom stereocenters. The molecule has 2 heterocycles. The molecule has 0 bridgehead atoms. The Kier molecular flexibility index (Phi) is 5.93. The van der Waals surface area contributed by atoms with E-state index < -0.39 is 0 Å². The summed E-state index contributed by atoms with van der Waals surface area (Å²) in [6, 6.07) is 9.31. The van der Waals surface area contributed by atoms with E-state index in [1.54, 1.807) is 13.2 Å². The molecule has 0 saturated carbocycles. The van der Waals surface area contributed by atoms with Gasteiger partial charge in [-0.2, -0.15) is 4.98 Å². The summed E-state index contributed by atoms with van der Waals surface area (Å²) >= 11 is 5.99. The molecular weight excluding hydrogens is 352 g/mol. The van der Waals surface area contributed by atoms with Gasteiger partial charge in [-0.05, 0) is 37.5 Å². The zero-order chi connectivity index (χ0) is 18.5. The third kappa shape index (κ3) is 4.64. The lowest BCUT2D eigenvalue weighted by Crippen LogP contribution is -2.43. The Morgan fingerprint density at radius 2 is 2.23 bits per heavy atom. The summed E-state index contributed by atoms with van der Waals surface area (Å²) in [6.45, 7) is 3.83. The van der Waals surface area contributed by atoms with Crippen LogP contribution in [0.3, 0.4) is 0 Å². The Morgan fingerprint density at radius 1 is 1.38 bits per heavy atom. The summed E-state index contributed by atoms with van der Waals surface area (Å²) in [4.78, 5) is 23.6. The number of nitrogens with zero attached hydrogens (tertiary/aromatic N) is 3. The van der Waals surface area contributed by atoms with Gasteiger partial charge in [-0.25, -0.2) is 4.98 Å². The molecule has 7 heteroatoms. The molecule has 6 nitrogen and oxygen atoms in total. The van der Waals surface area contributed by atoms with Crippen LogP contribution in [0.4, 0.5) is 5.95 Å². The number of benzene rings is 1. The summed E-state index contributed by atoms with van der Waals surface area (Å²) < 4.78 is 5.23. The van der Waals surface area contributed by atoms with Crippen molar-refractivity contribution < 1.29 is 9.53 Å². The lowest BCUT2D eigenvalue weighted by Gasteiger charge is -2.32. The summed E-state index contributed by atoms with van der Waals surface area (Å²) in [5.41, 5.74) is 1.84. The fraction of sp³-hybridized carbons (Fsp3) is 0.421. The number of aromatic nitrogens is 2. The third-order valence-electron chi connectivity index (χ3n) is 4.46. The highest BCUT2D eigenvalue weighted by atomic mass is 35.5. The van der Waals surface area contributed by atoms with Gasteiger partial charge in [0.05, 0.1) is 13.0 Å². The molecule has 1 aromatic carbocycles. The predicted molar refractivity (Wildman–Crippen MR) is 102 cm³/mol. The molecule has 1 saturated heterocycles. The zero-order valence-electron chi connectivity index (χ0n) is 15.0. The van der Waals surface area contributed by atoms with Crippen LogP contribution in [0.1, 0.15) is 24.1 Å². The monoisotopic (exact) mass is 374 g/mol. The van der Waals surface area contributed by atoms with Crippen molar-refractivity contribution in [2.45, 2.75) is 26.3 Å². The lowest BCUT2D eigenvalue weighted by atomic mass is 9.97. The van der Waals surface area contributed by atoms with Crippen molar-refractivity contribution in [3.8, 4) is 5.88 Å². The van der Waals surface area contributed by atoms with Crippen LogP contribution in [0.25, 0.3) is 0 Å². The molecule has 3 rings (SSSR count). The van der Waals surface area contributed by atoms with Gasteiger partial charge in [-0.1, -0.05) is 23.7 Å². The van der Waals surface area contributed by atoms with Gasteiger partial charge >= 0.3 is 0 Å². The van der Waals surface area contributed by atoms with Crippen LogP contribution < -0.4 is 15.0 Å². The summed E-state index contributed by atoms with van der Waals surface area (Å²) in [5.74, 6) is 1.13. The number of halogens is 1. The Balaban J connectivity index is 1.62. The molecular formula is C19H23ClN4O2. The van der Waals surface area contributed by atoms with E-state index in [-0.39, 0.29) is 11.8 Å². The maximum absolute atomic E-state index is 12.6. The zero-order valence-corrected chi connectivity index (χ0v) is 15.8. The van der Waals surface area contributed by atoms with Crippen LogP contribution in [0, 0.1) is 12.8 Å². The lowest BCUT2D eigenvalue weighted by molar-refractivity contribution is -0.125. The maximum Gasteiger partial charge on any atom is 0.228 e. The van der Waals surface area contributed by atoms with Gasteiger partial charge in [-0.3, -0.25) is 4.79 Å². The average Bonchev–Trinajstić information content (AvgIpc) is 2.65. The van der Waals surface area contributed by atoms with Gasteiger partial charge in [0.2, 0.25) is 17.7 Å². The summed E-state index contributed by atoms with van der Waals surface area (Å²) in [6.07, 6.45) is 1.79. The first kappa shape index (κ1) is 18.5. The first-order valence-corrected chi connectivity index (χ1v) is 9.09. The number of rotatable bonds is 5. The van der Waals surface area contributed by atoms with Crippen molar-refractivity contribution in [2.75, 3.05) is 25.1 Å². The number of carbonyl (C=O) groups excluding carboxylic acids is 1. The van der Waals surface area contributed by atoms with Crippen molar-refractivity contribution in [1.29, 1.82) is 0 Å². The number of hydrogen-bond donors (Lipinski definition) is 1. The number of ether oxygens (including phenoxy) is 1. The molecule has 0 radical (unpaired) electrons. The minimum Gasteiger partial charge on any atom is -0.481 e. The Hall–Kier alpha value is -2.34. The van der Waals surface area contributed by atoms with Crippen molar-refractivity contribution in [1.82, 2.24) is 15.3 Å². The molecule has 1 fully saturated rings. The van der Waals surface area contributed by atoms with Gasteiger partial charge in [0.1, 0.15) is 0 Å². The van der Waals surface area contributed by atoms with E-state index in [0.717, 1.165) is 30.6 Å². The normalized spacial score (nSPS) is 17.0. The molecule has 138 valence electrons. The van der Waals surface area contributed by atoms with Gasteiger partial charge in [-0.15, -0.1) is 0 Å². The first-order valence-electron chi connectivity index (χ1n) is 8.72. The number of methoxy groups -OCH3 is 1. The van der Waals surface area contributed by atoms with E-state index in [1.165, 1.54) is 0 Å². The quantitative estimate of drug-likeness (QED) is 0.871. The van der Waals surface area contributed by atoms with Gasteiger partial charge in [0, 0.05) is 36.4 Å². The van der Waals surface area contributed by atoms with Crippen LogP contribution in [-0.4, -0.2) is 36.1 Å². The molecule has 2 aromatic rings. The van der Waals surface area contributed by atoms with E-state index in [1.807, 2.05) is 31.2 Å². The van der Waals surface area contributed by atoms with Crippen molar-refractivity contribution in [2.24, 2.45) is 5.92 Å². The SMILES string of the molecule is COc1cc(C)nc(N2CCCC(C(=O)NCc3cccc(Cl)c3)C2)n1. The summed E-state index contributed by atoms with van der Waals surface area (Å²) in [5, 5.41) is 3.68. The second-order valence-corrected chi connectivity index (χ2v) is 6.92. The average molecular weight is 375 g/mol. The van der Waals surface area contributed by atoms with Crippen LogP contribution in [0.15, 0.2) is 30.3 Å². The van der Waals surface area contributed by atoms with E-state index in [0.29, 0.717) is 29.9 Å². The van der Waals surface area contributed by atoms with Crippen LogP contribution in [0.5, 0.6) is 5.88 Å². The molecule has 1 N–H and O–H groups in total. The number of hydrogen-bond acceptors (Lipinski definition) is 5. The first-order chi connectivity index (χ1) is 12.5. The molecule has 1 atom stereocenters. The molecule has 1 aliphatic heterocycles. The van der Waals surface area contributed by atoms with E-state index in [2.05, 4.69) is 20.2 Å². The Bertz CT molecular complexity index is 784. The van der Waals surface area contributed by atoms with Crippen molar-refractivity contribution in [3.63, 3.8) is 0 Å². The molecule has 1 amide bonds. The van der Waals surface area contributed by atoms with Crippen molar-refractivity contribution in [3.05, 3.63) is 46.6 Å². The molecule has 0 spiro atoms. The number of aryl methyl sites for hydroxylation is 1. The molecule has 1 aliphatic rings. The number of carbonyl (C=O) groups is 1. The number of piperidine rings is 1. The smallest absolute Gasteiger partial charge is 0.228 e. The van der Waals surface area contributed by atoms with Crippen LogP contribution in [-0.2, 0) is 11.3 Å². The largest absolute Gasteiger partial charge is 0.481 e. The highest BCUT2D eigenvalue weighted by molar-refractivity contribution is 6.30. The molecule has 1 aromatic heterocycles. The van der Waals surface area contributed by atoms with Gasteiger partial charge < -0.3 is 15.0 Å². The van der Waals surface area contributed by atoms with E-state index >= 15 is 0 Å².